The molecule has 0 atom stereocenters. The summed E-state index contributed by atoms with van der Waals surface area (Å²) >= 11 is 0. The number of pyridine rings is 1. The van der Waals surface area contributed by atoms with E-state index in [1.807, 2.05) is 30.3 Å². The number of carbonyl (C=O) groups is 1. The second kappa shape index (κ2) is 8.71. The fourth-order valence-corrected chi connectivity index (χ4v) is 2.52. The van der Waals surface area contributed by atoms with Crippen LogP contribution in [-0.4, -0.2) is 25.1 Å². The quantitative estimate of drug-likeness (QED) is 0.688. The molecule has 138 valence electrons. The second-order valence-electron chi connectivity index (χ2n) is 5.67. The Bertz CT molecular complexity index is 874. The molecular weight excluding hydrogens is 344 g/mol. The molecular formula is C21H20N2O4. The van der Waals surface area contributed by atoms with Crippen LogP contribution in [0.3, 0.4) is 0 Å². The van der Waals surface area contributed by atoms with E-state index in [0.717, 1.165) is 5.56 Å². The van der Waals surface area contributed by atoms with Crippen LogP contribution in [0.2, 0.25) is 0 Å². The number of benzene rings is 2. The molecule has 1 aromatic heterocycles. The van der Waals surface area contributed by atoms with Crippen LogP contribution in [0.4, 0.5) is 5.69 Å². The highest BCUT2D eigenvalue weighted by atomic mass is 16.5. The number of nitrogens with zero attached hydrogens (tertiary/aromatic N) is 1. The van der Waals surface area contributed by atoms with Gasteiger partial charge in [0.05, 0.1) is 14.2 Å². The monoisotopic (exact) mass is 364 g/mol. The average Bonchev–Trinajstić information content (AvgIpc) is 2.73. The summed E-state index contributed by atoms with van der Waals surface area (Å²) in [6.07, 6.45) is 3.22. The molecule has 0 saturated carbocycles. The minimum atomic E-state index is -0.285. The van der Waals surface area contributed by atoms with Crippen LogP contribution in [0, 0.1) is 0 Å². The van der Waals surface area contributed by atoms with Crippen molar-refractivity contribution in [2.24, 2.45) is 0 Å². The molecule has 1 N–H and O–H groups in total. The van der Waals surface area contributed by atoms with Crippen molar-refractivity contribution < 1.29 is 19.0 Å². The molecule has 0 aliphatic carbocycles. The van der Waals surface area contributed by atoms with Gasteiger partial charge in [-0.15, -0.1) is 0 Å². The molecule has 6 heteroatoms. The zero-order valence-corrected chi connectivity index (χ0v) is 15.1. The van der Waals surface area contributed by atoms with E-state index in [9.17, 15) is 4.79 Å². The van der Waals surface area contributed by atoms with E-state index in [-0.39, 0.29) is 5.91 Å². The lowest BCUT2D eigenvalue weighted by molar-refractivity contribution is 0.102. The number of hydrogen-bond donors (Lipinski definition) is 1. The Kier molecular flexibility index (Phi) is 5.89. The van der Waals surface area contributed by atoms with E-state index in [1.165, 1.54) is 14.2 Å². The molecule has 3 rings (SSSR count). The van der Waals surface area contributed by atoms with E-state index in [0.29, 0.717) is 35.1 Å². The number of nitrogens with one attached hydrogen (secondary N) is 1. The Morgan fingerprint density at radius 3 is 2.19 bits per heavy atom. The maximum absolute atomic E-state index is 12.6. The third-order valence-electron chi connectivity index (χ3n) is 3.89. The first-order chi connectivity index (χ1) is 13.2. The first-order valence-corrected chi connectivity index (χ1v) is 8.35. The van der Waals surface area contributed by atoms with Gasteiger partial charge in [-0.25, -0.2) is 0 Å². The smallest absolute Gasteiger partial charge is 0.255 e. The molecule has 1 amide bonds. The number of hydrogen-bond acceptors (Lipinski definition) is 5. The number of carbonyl (C=O) groups excluding carboxylic acids is 1. The van der Waals surface area contributed by atoms with Crippen molar-refractivity contribution in [3.8, 4) is 17.2 Å². The second-order valence-corrected chi connectivity index (χ2v) is 5.67. The maximum Gasteiger partial charge on any atom is 0.255 e. The van der Waals surface area contributed by atoms with Gasteiger partial charge in [0.15, 0.2) is 11.5 Å². The molecule has 1 heterocycles. The van der Waals surface area contributed by atoms with Crippen molar-refractivity contribution >= 4 is 11.6 Å². The fraction of sp³-hybridized carbons (Fsp3) is 0.143. The van der Waals surface area contributed by atoms with Crippen molar-refractivity contribution in [2.45, 2.75) is 6.61 Å². The summed E-state index contributed by atoms with van der Waals surface area (Å²) in [4.78, 5) is 16.5. The summed E-state index contributed by atoms with van der Waals surface area (Å²) in [7, 11) is 3.05. The maximum atomic E-state index is 12.6. The normalized spacial score (nSPS) is 10.1. The van der Waals surface area contributed by atoms with Crippen molar-refractivity contribution in [3.05, 3.63) is 78.1 Å². The molecule has 6 nitrogen and oxygen atoms in total. The summed E-state index contributed by atoms with van der Waals surface area (Å²) in [6.45, 7) is 0.357. The summed E-state index contributed by atoms with van der Waals surface area (Å²) < 4.78 is 16.7. The van der Waals surface area contributed by atoms with Crippen molar-refractivity contribution in [1.82, 2.24) is 4.98 Å². The van der Waals surface area contributed by atoms with Gasteiger partial charge in [0.25, 0.3) is 5.91 Å². The molecule has 3 aromatic rings. The predicted molar refractivity (Wildman–Crippen MR) is 103 cm³/mol. The van der Waals surface area contributed by atoms with Crippen LogP contribution in [0.15, 0.2) is 67.0 Å². The van der Waals surface area contributed by atoms with Crippen LogP contribution >= 0.6 is 0 Å². The summed E-state index contributed by atoms with van der Waals surface area (Å²) in [5.41, 5.74) is 2.06. The Morgan fingerprint density at radius 2 is 1.59 bits per heavy atom. The Hall–Kier alpha value is -3.54. The number of aromatic nitrogens is 1. The van der Waals surface area contributed by atoms with Gasteiger partial charge in [-0.3, -0.25) is 9.78 Å². The predicted octanol–water partition coefficient (Wildman–Crippen LogP) is 3.93. The summed E-state index contributed by atoms with van der Waals surface area (Å²) in [5, 5.41) is 2.81. The lowest BCUT2D eigenvalue weighted by Crippen LogP contribution is -2.12. The van der Waals surface area contributed by atoms with Gasteiger partial charge in [0, 0.05) is 23.6 Å². The van der Waals surface area contributed by atoms with E-state index in [1.54, 1.807) is 36.7 Å². The lowest BCUT2D eigenvalue weighted by atomic mass is 10.1. The van der Waals surface area contributed by atoms with Gasteiger partial charge in [0.2, 0.25) is 5.75 Å². The van der Waals surface area contributed by atoms with Gasteiger partial charge < -0.3 is 19.5 Å². The largest absolute Gasteiger partial charge is 0.493 e. The first-order valence-electron chi connectivity index (χ1n) is 8.35. The van der Waals surface area contributed by atoms with Gasteiger partial charge >= 0.3 is 0 Å². The lowest BCUT2D eigenvalue weighted by Gasteiger charge is -2.16. The SMILES string of the molecule is COc1cc(C(=O)Nc2ccncc2)cc(OC)c1OCc1ccccc1. The van der Waals surface area contributed by atoms with Gasteiger partial charge in [0.1, 0.15) is 6.61 Å². The minimum absolute atomic E-state index is 0.285. The number of anilines is 1. The highest BCUT2D eigenvalue weighted by molar-refractivity contribution is 6.05. The van der Waals surface area contributed by atoms with Crippen LogP contribution in [0.5, 0.6) is 17.2 Å². The standard InChI is InChI=1S/C21H20N2O4/c1-25-18-12-16(21(24)23-17-8-10-22-11-9-17)13-19(26-2)20(18)27-14-15-6-4-3-5-7-15/h3-13H,14H2,1-2H3,(H,22,23,24). The highest BCUT2D eigenvalue weighted by Crippen LogP contribution is 2.39. The Morgan fingerprint density at radius 1 is 0.963 bits per heavy atom. The van der Waals surface area contributed by atoms with Crippen LogP contribution < -0.4 is 19.5 Å². The van der Waals surface area contributed by atoms with Crippen LogP contribution in [0.25, 0.3) is 0 Å². The average molecular weight is 364 g/mol. The number of ether oxygens (including phenoxy) is 3. The molecule has 0 unspecified atom stereocenters. The van der Waals surface area contributed by atoms with Crippen LogP contribution in [0.1, 0.15) is 15.9 Å². The molecule has 2 aromatic carbocycles. The molecule has 0 aliphatic heterocycles. The molecule has 0 aliphatic rings. The van der Waals surface area contributed by atoms with Crippen molar-refractivity contribution in [1.29, 1.82) is 0 Å². The van der Waals surface area contributed by atoms with Crippen molar-refractivity contribution in [2.75, 3.05) is 19.5 Å². The van der Waals surface area contributed by atoms with E-state index in [2.05, 4.69) is 10.3 Å². The van der Waals surface area contributed by atoms with Gasteiger partial charge in [-0.1, -0.05) is 30.3 Å². The summed E-state index contributed by atoms with van der Waals surface area (Å²) in [5.74, 6) is 1.01. The molecule has 0 spiro atoms. The first kappa shape index (κ1) is 18.3. The van der Waals surface area contributed by atoms with Crippen molar-refractivity contribution in [3.63, 3.8) is 0 Å². The molecule has 27 heavy (non-hydrogen) atoms. The third kappa shape index (κ3) is 4.55. The van der Waals surface area contributed by atoms with E-state index < -0.39 is 0 Å². The molecule has 0 fully saturated rings. The van der Waals surface area contributed by atoms with Gasteiger partial charge in [-0.05, 0) is 29.8 Å². The topological polar surface area (TPSA) is 69.7 Å². The summed E-state index contributed by atoms with van der Waals surface area (Å²) in [6, 6.07) is 16.4. The van der Waals surface area contributed by atoms with Gasteiger partial charge in [-0.2, -0.15) is 0 Å². The number of amides is 1. The van der Waals surface area contributed by atoms with E-state index in [4.69, 9.17) is 14.2 Å². The Balaban J connectivity index is 1.84. The number of rotatable bonds is 7. The molecule has 0 radical (unpaired) electrons. The third-order valence-corrected chi connectivity index (χ3v) is 3.89. The minimum Gasteiger partial charge on any atom is -0.493 e. The van der Waals surface area contributed by atoms with Crippen LogP contribution in [-0.2, 0) is 6.61 Å². The molecule has 0 bridgehead atoms. The number of methoxy groups -OCH3 is 2. The zero-order chi connectivity index (χ0) is 19.1. The zero-order valence-electron chi connectivity index (χ0n) is 15.1. The highest BCUT2D eigenvalue weighted by Gasteiger charge is 2.18. The van der Waals surface area contributed by atoms with E-state index >= 15 is 0 Å². The molecule has 0 saturated heterocycles. The fourth-order valence-electron chi connectivity index (χ4n) is 2.52. The Labute approximate surface area is 157 Å².